The quantitative estimate of drug-likeness (QED) is 0.0161. The van der Waals surface area contributed by atoms with Crippen LogP contribution in [0, 0.1) is 0 Å². The predicted molar refractivity (Wildman–Crippen MR) is 371 cm³/mol. The molecule has 7 aromatic rings. The minimum Gasteiger partial charge on any atom is -0.463 e. The molecule has 21 nitrogen and oxygen atoms in total. The van der Waals surface area contributed by atoms with Crippen molar-refractivity contribution in [2.75, 3.05) is 26.4 Å². The summed E-state index contributed by atoms with van der Waals surface area (Å²) in [4.78, 5) is 71.1. The third kappa shape index (κ3) is 20.3. The Bertz CT molecular complexity index is 3710. The van der Waals surface area contributed by atoms with Gasteiger partial charge in [-0.2, -0.15) is 0 Å². The third-order valence-electron chi connectivity index (χ3n) is 17.6. The summed E-state index contributed by atoms with van der Waals surface area (Å²) in [5.41, 5.74) is 5.03. The number of rotatable bonds is 33. The van der Waals surface area contributed by atoms with Crippen LogP contribution in [0.4, 0.5) is 0 Å². The van der Waals surface area contributed by atoms with E-state index in [0.717, 1.165) is 58.2 Å². The molecular formula is C79H89NO20Si. The summed E-state index contributed by atoms with van der Waals surface area (Å²) in [5.74, 6) is -4.08. The molecule has 4 aliphatic rings. The Balaban J connectivity index is 1.09. The smallest absolute Gasteiger partial charge is 0.303 e. The van der Waals surface area contributed by atoms with E-state index in [1.54, 1.807) is 12.1 Å². The van der Waals surface area contributed by atoms with E-state index in [2.05, 4.69) is 19.6 Å². The van der Waals surface area contributed by atoms with Crippen LogP contribution in [-0.2, 0) is 125 Å². The van der Waals surface area contributed by atoms with Crippen LogP contribution in [0.2, 0.25) is 25.7 Å². The molecule has 101 heavy (non-hydrogen) atoms. The number of amides is 2. The maximum Gasteiger partial charge on any atom is 0.303 e. The topological polar surface area (TPSA) is 227 Å². The van der Waals surface area contributed by atoms with Crippen molar-refractivity contribution >= 4 is 37.8 Å². The van der Waals surface area contributed by atoms with Gasteiger partial charge in [0.1, 0.15) is 67.6 Å². The minimum atomic E-state index is -1.88. The molecule has 0 N–H and O–H groups in total. The number of carbonyl (C=O) groups excluding carboxylic acids is 5. The molecule has 15 atom stereocenters. The van der Waals surface area contributed by atoms with E-state index in [1.165, 1.54) is 19.1 Å². The number of ether oxygens (including phenoxy) is 15. The first-order chi connectivity index (χ1) is 49.0. The largest absolute Gasteiger partial charge is 0.463 e. The molecule has 4 heterocycles. The molecule has 2 amide bonds. The second-order valence-corrected chi connectivity index (χ2v) is 32.1. The summed E-state index contributed by atoms with van der Waals surface area (Å²) in [6.45, 7) is 10.2. The molecule has 534 valence electrons. The normalized spacial score (nSPS) is 25.8. The highest BCUT2D eigenvalue weighted by Crippen LogP contribution is 2.41. The maximum atomic E-state index is 15.2. The van der Waals surface area contributed by atoms with Crippen molar-refractivity contribution in [2.24, 2.45) is 0 Å². The number of carbonyl (C=O) groups is 5. The number of hydrogen-bond donors (Lipinski definition) is 0. The molecule has 7 aromatic carbocycles. The van der Waals surface area contributed by atoms with E-state index in [4.69, 9.17) is 71.1 Å². The standard InChI is InChI=1S/C79H89NO20Si/c1-52(81)89-51-65-68(94-53(2)82)70(95-54(3)83)66(80-75(84)61-39-25-26-40-62(61)76(80)85)77(96-65)100-72-67(90-45-57-31-17-9-18-32-57)63(49-86-43-55-27-13-7-14-28-55)98-79(74(72)93-48-60-37-23-12-24-38-60)99-69-64(50-87-44-56-29-15-8-16-30-56)97-78(88-41-42-101(4,5)6)73(92-47-59-35-21-11-22-36-59)71(69)91-46-58-33-19-10-20-34-58/h7-40,63-74,77-79H,41-51H2,1-6H3/t63-,64-,65-,66-,67+,68+,69+,70-,71+,72+,73-,74-,77+,78-,79-/m1/s1. The second kappa shape index (κ2) is 36.1. The van der Waals surface area contributed by atoms with Gasteiger partial charge in [0, 0.05) is 35.5 Å². The van der Waals surface area contributed by atoms with E-state index in [0.29, 0.717) is 6.61 Å². The fourth-order valence-electron chi connectivity index (χ4n) is 12.7. The van der Waals surface area contributed by atoms with Crippen molar-refractivity contribution in [2.45, 2.75) is 178 Å². The number of nitrogens with zero attached hydrogens (tertiary/aromatic N) is 1. The first kappa shape index (κ1) is 74.0. The highest BCUT2D eigenvalue weighted by Gasteiger charge is 2.61. The molecule has 3 fully saturated rings. The lowest BCUT2D eigenvalue weighted by Crippen LogP contribution is -2.70. The van der Waals surface area contributed by atoms with Gasteiger partial charge in [0.05, 0.1) is 64.0 Å². The van der Waals surface area contributed by atoms with Crippen LogP contribution in [-0.4, -0.2) is 161 Å². The van der Waals surface area contributed by atoms with Crippen molar-refractivity contribution < 1.29 is 95.0 Å². The van der Waals surface area contributed by atoms with Gasteiger partial charge in [-0.3, -0.25) is 28.9 Å². The average Bonchev–Trinajstić information content (AvgIpc) is 1.68. The lowest BCUT2D eigenvalue weighted by Gasteiger charge is -2.52. The van der Waals surface area contributed by atoms with E-state index >= 15 is 9.59 Å². The number of imide groups is 1. The zero-order valence-electron chi connectivity index (χ0n) is 57.7. The summed E-state index contributed by atoms with van der Waals surface area (Å²) in [7, 11) is -1.70. The van der Waals surface area contributed by atoms with Crippen molar-refractivity contribution in [1.29, 1.82) is 0 Å². The van der Waals surface area contributed by atoms with Gasteiger partial charge in [0.25, 0.3) is 11.8 Å². The number of esters is 3. The highest BCUT2D eigenvalue weighted by atomic mass is 28.3. The van der Waals surface area contributed by atoms with Gasteiger partial charge in [0.15, 0.2) is 31.1 Å². The molecule has 0 unspecified atom stereocenters. The fraction of sp³-hybridized carbons (Fsp3) is 0.405. The SMILES string of the molecule is CC(=O)OC[C@H]1O[C@@H](O[C@H]2[C@@H](OCc3ccccc3)[C@@H](COCc3ccccc3)O[C@H](O[C@@H]3[C@H](OCc4ccccc4)[C@@H](OCc4ccccc4)[C@H](OCC[Si](C)(C)C)O[C@@H]3COCc3ccccc3)[C@@H]2OCc2ccccc2)[C@H](N2C(=O)c3ccccc3C2=O)[C@@H](OC(C)=O)[C@H]1OC(C)=O. The van der Waals surface area contributed by atoms with E-state index in [1.807, 2.05) is 182 Å². The Morgan fingerprint density at radius 2 is 0.723 bits per heavy atom. The van der Waals surface area contributed by atoms with E-state index in [-0.39, 0.29) is 64.0 Å². The van der Waals surface area contributed by atoms with Crippen molar-refractivity contribution in [3.63, 3.8) is 0 Å². The average molecular weight is 1400 g/mol. The Morgan fingerprint density at radius 1 is 0.366 bits per heavy atom. The summed E-state index contributed by atoms with van der Waals surface area (Å²) in [6.07, 6.45) is -18.9. The summed E-state index contributed by atoms with van der Waals surface area (Å²) in [5, 5.41) is 0. The van der Waals surface area contributed by atoms with E-state index < -0.39 is 136 Å². The van der Waals surface area contributed by atoms with Crippen LogP contribution in [0.25, 0.3) is 0 Å². The number of benzene rings is 7. The minimum absolute atomic E-state index is 0.0305. The summed E-state index contributed by atoms with van der Waals surface area (Å²) >= 11 is 0. The molecule has 0 aliphatic carbocycles. The van der Waals surface area contributed by atoms with E-state index in [9.17, 15) is 14.4 Å². The zero-order chi connectivity index (χ0) is 70.7. The van der Waals surface area contributed by atoms with Gasteiger partial charge in [0.2, 0.25) is 0 Å². The van der Waals surface area contributed by atoms with Gasteiger partial charge in [-0.25, -0.2) is 0 Å². The van der Waals surface area contributed by atoms with Crippen molar-refractivity contribution in [3.05, 3.63) is 251 Å². The summed E-state index contributed by atoms with van der Waals surface area (Å²) in [6, 6.07) is 62.9. The van der Waals surface area contributed by atoms with Crippen molar-refractivity contribution in [3.8, 4) is 0 Å². The van der Waals surface area contributed by atoms with Crippen LogP contribution in [0.15, 0.2) is 206 Å². The first-order valence-electron chi connectivity index (χ1n) is 34.2. The molecule has 0 saturated carbocycles. The molecule has 22 heteroatoms. The van der Waals surface area contributed by atoms with Gasteiger partial charge >= 0.3 is 17.9 Å². The number of fused-ring (bicyclic) bond motifs is 1. The zero-order valence-corrected chi connectivity index (χ0v) is 58.7. The molecule has 0 aromatic heterocycles. The van der Waals surface area contributed by atoms with Crippen LogP contribution in [0.1, 0.15) is 74.9 Å². The number of hydrogen-bond acceptors (Lipinski definition) is 20. The van der Waals surface area contributed by atoms with Gasteiger partial charge in [-0.1, -0.05) is 214 Å². The highest BCUT2D eigenvalue weighted by molar-refractivity contribution is 6.76. The monoisotopic (exact) mass is 1400 g/mol. The molecule has 3 saturated heterocycles. The van der Waals surface area contributed by atoms with Crippen LogP contribution >= 0.6 is 0 Å². The van der Waals surface area contributed by atoms with Gasteiger partial charge in [-0.05, 0) is 51.6 Å². The third-order valence-corrected chi connectivity index (χ3v) is 19.3. The molecule has 4 aliphatic heterocycles. The molecule has 0 radical (unpaired) electrons. The van der Waals surface area contributed by atoms with Crippen LogP contribution in [0.3, 0.4) is 0 Å². The van der Waals surface area contributed by atoms with Gasteiger partial charge < -0.3 is 71.1 Å². The lowest BCUT2D eigenvalue weighted by atomic mass is 9.93. The van der Waals surface area contributed by atoms with Crippen molar-refractivity contribution in [1.82, 2.24) is 4.90 Å². The van der Waals surface area contributed by atoms with Crippen LogP contribution < -0.4 is 0 Å². The molecular weight excluding hydrogens is 1310 g/mol. The molecule has 0 spiro atoms. The molecule has 11 rings (SSSR count). The Kier molecular flexibility index (Phi) is 26.5. The Hall–Kier alpha value is -8.17. The second-order valence-electron chi connectivity index (χ2n) is 26.5. The fourth-order valence-corrected chi connectivity index (χ4v) is 13.4. The Morgan fingerprint density at radius 3 is 1.16 bits per heavy atom. The van der Waals surface area contributed by atoms with Gasteiger partial charge in [-0.15, -0.1) is 0 Å². The maximum absolute atomic E-state index is 15.2. The predicted octanol–water partition coefficient (Wildman–Crippen LogP) is 11.2. The first-order valence-corrected chi connectivity index (χ1v) is 37.9. The van der Waals surface area contributed by atoms with Crippen LogP contribution in [0.5, 0.6) is 0 Å². The summed E-state index contributed by atoms with van der Waals surface area (Å²) < 4.78 is 104. The lowest BCUT2D eigenvalue weighted by molar-refractivity contribution is -0.389. The molecule has 0 bridgehead atoms. The Labute approximate surface area is 590 Å².